The summed E-state index contributed by atoms with van der Waals surface area (Å²) in [5.41, 5.74) is 2.74. The van der Waals surface area contributed by atoms with Crippen molar-refractivity contribution >= 4 is 23.1 Å². The molecule has 0 atom stereocenters. The zero-order valence-corrected chi connectivity index (χ0v) is 15.3. The van der Waals surface area contributed by atoms with Crippen molar-refractivity contribution in [3.63, 3.8) is 0 Å². The number of ether oxygens (including phenoxy) is 1. The van der Waals surface area contributed by atoms with Crippen LogP contribution in [0.15, 0.2) is 52.5 Å². The van der Waals surface area contributed by atoms with Crippen molar-refractivity contribution in [2.45, 2.75) is 20.0 Å². The summed E-state index contributed by atoms with van der Waals surface area (Å²) in [6.45, 7) is 3.53. The van der Waals surface area contributed by atoms with Gasteiger partial charge in [-0.25, -0.2) is 9.78 Å². The van der Waals surface area contributed by atoms with E-state index in [2.05, 4.69) is 15.6 Å². The summed E-state index contributed by atoms with van der Waals surface area (Å²) in [6, 6.07) is 11.1. The van der Waals surface area contributed by atoms with Gasteiger partial charge < -0.3 is 19.8 Å². The van der Waals surface area contributed by atoms with Crippen LogP contribution in [0, 0.1) is 6.92 Å². The lowest BCUT2D eigenvalue weighted by molar-refractivity contribution is 0.104. The first kappa shape index (κ1) is 18.2. The molecule has 2 aromatic heterocycles. The SMILES string of the molecule is Cc1nc(-c2ccc(NC(=O)NCCCOCc3ccco3)cc2)cs1. The van der Waals surface area contributed by atoms with E-state index in [9.17, 15) is 4.79 Å². The van der Waals surface area contributed by atoms with E-state index in [4.69, 9.17) is 9.15 Å². The second-order valence-electron chi connectivity index (χ2n) is 5.70. The number of nitrogens with zero attached hydrogens (tertiary/aromatic N) is 1. The molecule has 6 nitrogen and oxygen atoms in total. The largest absolute Gasteiger partial charge is 0.467 e. The van der Waals surface area contributed by atoms with Crippen molar-refractivity contribution in [3.05, 3.63) is 58.8 Å². The van der Waals surface area contributed by atoms with Crippen molar-refractivity contribution in [1.82, 2.24) is 10.3 Å². The van der Waals surface area contributed by atoms with Gasteiger partial charge in [0, 0.05) is 29.8 Å². The molecule has 0 radical (unpaired) electrons. The molecule has 0 fully saturated rings. The quantitative estimate of drug-likeness (QED) is 0.574. The molecule has 2 N–H and O–H groups in total. The maximum Gasteiger partial charge on any atom is 0.319 e. The fraction of sp³-hybridized carbons (Fsp3) is 0.263. The molecule has 2 amide bonds. The van der Waals surface area contributed by atoms with Gasteiger partial charge in [0.2, 0.25) is 0 Å². The van der Waals surface area contributed by atoms with E-state index < -0.39 is 0 Å². The number of aromatic nitrogens is 1. The minimum Gasteiger partial charge on any atom is -0.467 e. The topological polar surface area (TPSA) is 76.4 Å². The van der Waals surface area contributed by atoms with Crippen LogP contribution in [0.4, 0.5) is 10.5 Å². The Morgan fingerprint density at radius 1 is 1.27 bits per heavy atom. The van der Waals surface area contributed by atoms with Gasteiger partial charge in [-0.05, 0) is 37.6 Å². The summed E-state index contributed by atoms with van der Waals surface area (Å²) in [7, 11) is 0. The van der Waals surface area contributed by atoms with Gasteiger partial charge in [-0.3, -0.25) is 0 Å². The third-order valence-corrected chi connectivity index (χ3v) is 4.41. The Labute approximate surface area is 156 Å². The lowest BCUT2D eigenvalue weighted by Crippen LogP contribution is -2.30. The van der Waals surface area contributed by atoms with Crippen LogP contribution in [0.2, 0.25) is 0 Å². The molecule has 26 heavy (non-hydrogen) atoms. The first-order valence-electron chi connectivity index (χ1n) is 8.38. The van der Waals surface area contributed by atoms with Gasteiger partial charge in [-0.1, -0.05) is 12.1 Å². The third kappa shape index (κ3) is 5.44. The highest BCUT2D eigenvalue weighted by molar-refractivity contribution is 7.09. The molecule has 7 heteroatoms. The van der Waals surface area contributed by atoms with Crippen LogP contribution >= 0.6 is 11.3 Å². The summed E-state index contributed by atoms with van der Waals surface area (Å²) in [4.78, 5) is 16.4. The summed E-state index contributed by atoms with van der Waals surface area (Å²) >= 11 is 1.62. The number of hydrogen-bond donors (Lipinski definition) is 2. The minimum absolute atomic E-state index is 0.228. The van der Waals surface area contributed by atoms with E-state index in [0.717, 1.165) is 34.1 Å². The zero-order valence-electron chi connectivity index (χ0n) is 14.5. The molecule has 1 aromatic carbocycles. The number of thiazole rings is 1. The number of urea groups is 1. The molecular formula is C19H21N3O3S. The molecule has 0 aliphatic rings. The zero-order chi connectivity index (χ0) is 18.2. The minimum atomic E-state index is -0.228. The standard InChI is InChI=1S/C19H21N3O3S/c1-14-21-18(13-26-14)15-5-7-16(8-6-15)22-19(23)20-9-3-10-24-12-17-4-2-11-25-17/h2,4-8,11,13H,3,9-10,12H2,1H3,(H2,20,22,23). The smallest absolute Gasteiger partial charge is 0.319 e. The maximum atomic E-state index is 11.9. The molecule has 3 aromatic rings. The average molecular weight is 371 g/mol. The molecule has 0 bridgehead atoms. The Bertz CT molecular complexity index is 813. The third-order valence-electron chi connectivity index (χ3n) is 3.63. The highest BCUT2D eigenvalue weighted by atomic mass is 32.1. The molecule has 2 heterocycles. The van der Waals surface area contributed by atoms with E-state index in [-0.39, 0.29) is 6.03 Å². The van der Waals surface area contributed by atoms with E-state index in [0.29, 0.717) is 19.8 Å². The van der Waals surface area contributed by atoms with Gasteiger partial charge in [-0.15, -0.1) is 11.3 Å². The number of anilines is 1. The van der Waals surface area contributed by atoms with Crippen LogP contribution in [0.1, 0.15) is 17.2 Å². The molecule has 0 aliphatic carbocycles. The predicted octanol–water partition coefficient (Wildman–Crippen LogP) is 4.44. The Hall–Kier alpha value is -2.64. The van der Waals surface area contributed by atoms with E-state index in [1.54, 1.807) is 17.6 Å². The number of nitrogens with one attached hydrogen (secondary N) is 2. The summed E-state index contributed by atoms with van der Waals surface area (Å²) in [5.74, 6) is 0.798. The first-order chi connectivity index (χ1) is 12.7. The fourth-order valence-electron chi connectivity index (χ4n) is 2.34. The second-order valence-corrected chi connectivity index (χ2v) is 6.76. The molecule has 0 aliphatic heterocycles. The summed E-state index contributed by atoms with van der Waals surface area (Å²) in [6.07, 6.45) is 2.35. The number of carbonyl (C=O) groups is 1. The second kappa shape index (κ2) is 9.17. The maximum absolute atomic E-state index is 11.9. The highest BCUT2D eigenvalue weighted by Crippen LogP contribution is 2.23. The summed E-state index contributed by atoms with van der Waals surface area (Å²) in [5, 5.41) is 8.69. The normalized spacial score (nSPS) is 10.7. The van der Waals surface area contributed by atoms with Crippen LogP contribution in [0.25, 0.3) is 11.3 Å². The van der Waals surface area contributed by atoms with Gasteiger partial charge in [0.15, 0.2) is 0 Å². The number of carbonyl (C=O) groups excluding carboxylic acids is 1. The Morgan fingerprint density at radius 3 is 2.81 bits per heavy atom. The molecule has 0 spiro atoms. The number of rotatable bonds is 8. The Kier molecular flexibility index (Phi) is 6.40. The number of amides is 2. The lowest BCUT2D eigenvalue weighted by atomic mass is 10.1. The van der Waals surface area contributed by atoms with Gasteiger partial charge >= 0.3 is 6.03 Å². The average Bonchev–Trinajstić information content (AvgIpc) is 3.30. The fourth-order valence-corrected chi connectivity index (χ4v) is 2.96. The number of furan rings is 1. The van der Waals surface area contributed by atoms with Crippen molar-refractivity contribution in [2.75, 3.05) is 18.5 Å². The van der Waals surface area contributed by atoms with Gasteiger partial charge in [0.25, 0.3) is 0 Å². The molecule has 3 rings (SSSR count). The van der Waals surface area contributed by atoms with Gasteiger partial charge in [0.05, 0.1) is 17.0 Å². The first-order valence-corrected chi connectivity index (χ1v) is 9.26. The number of hydrogen-bond acceptors (Lipinski definition) is 5. The molecule has 0 saturated heterocycles. The predicted molar refractivity (Wildman–Crippen MR) is 102 cm³/mol. The van der Waals surface area contributed by atoms with Crippen LogP contribution in [-0.4, -0.2) is 24.2 Å². The van der Waals surface area contributed by atoms with Crippen molar-refractivity contribution in [3.8, 4) is 11.3 Å². The molecule has 0 unspecified atom stereocenters. The van der Waals surface area contributed by atoms with Crippen LogP contribution in [-0.2, 0) is 11.3 Å². The molecule has 0 saturated carbocycles. The number of benzene rings is 1. The van der Waals surface area contributed by atoms with E-state index >= 15 is 0 Å². The monoisotopic (exact) mass is 371 g/mol. The van der Waals surface area contributed by atoms with Crippen molar-refractivity contribution < 1.29 is 13.9 Å². The Morgan fingerprint density at radius 2 is 2.12 bits per heavy atom. The van der Waals surface area contributed by atoms with E-state index in [1.165, 1.54) is 0 Å². The number of aryl methyl sites for hydroxylation is 1. The molecule has 136 valence electrons. The lowest BCUT2D eigenvalue weighted by Gasteiger charge is -2.08. The van der Waals surface area contributed by atoms with Crippen molar-refractivity contribution in [2.24, 2.45) is 0 Å². The van der Waals surface area contributed by atoms with Crippen LogP contribution < -0.4 is 10.6 Å². The Balaban J connectivity index is 1.34. The van der Waals surface area contributed by atoms with Crippen LogP contribution in [0.3, 0.4) is 0 Å². The van der Waals surface area contributed by atoms with Crippen molar-refractivity contribution in [1.29, 1.82) is 0 Å². The highest BCUT2D eigenvalue weighted by Gasteiger charge is 2.04. The van der Waals surface area contributed by atoms with E-state index in [1.807, 2.05) is 48.7 Å². The molecular weight excluding hydrogens is 350 g/mol. The summed E-state index contributed by atoms with van der Waals surface area (Å²) < 4.78 is 10.6. The van der Waals surface area contributed by atoms with Gasteiger partial charge in [0.1, 0.15) is 12.4 Å². The van der Waals surface area contributed by atoms with Crippen LogP contribution in [0.5, 0.6) is 0 Å². The van der Waals surface area contributed by atoms with Gasteiger partial charge in [-0.2, -0.15) is 0 Å².